The molecule has 0 spiro atoms. The molecule has 1 rings (SSSR count). The molecule has 8 heteroatoms. The van der Waals surface area contributed by atoms with Gasteiger partial charge < -0.3 is 15.6 Å². The molecule has 1 aromatic rings. The van der Waals surface area contributed by atoms with Crippen LogP contribution in [0.15, 0.2) is 16.6 Å². The number of aromatic hydroxyl groups is 1. The molecule has 3 nitrogen and oxygen atoms in total. The fourth-order valence-electron chi connectivity index (χ4n) is 1.13. The number of halogens is 5. The van der Waals surface area contributed by atoms with Gasteiger partial charge in [-0.1, -0.05) is 0 Å². The number of ether oxygens (including phenoxy) is 1. The molecule has 0 aliphatic rings. The van der Waals surface area contributed by atoms with Crippen LogP contribution >= 0.6 is 28.3 Å². The van der Waals surface area contributed by atoms with Crippen LogP contribution in [0.3, 0.4) is 0 Å². The summed E-state index contributed by atoms with van der Waals surface area (Å²) in [5.74, 6) is -0.356. The standard InChI is InChI=1S/C9H9BrF3NO2.ClH/c1-16-4-2-5(7(15)6(10)3-4)8(14)9(11,12)13;/h2-3,8,15H,14H2,1H3;1H/t8-;/m0./s1. The van der Waals surface area contributed by atoms with E-state index in [9.17, 15) is 18.3 Å². The van der Waals surface area contributed by atoms with Gasteiger partial charge in [-0.2, -0.15) is 13.2 Å². The van der Waals surface area contributed by atoms with E-state index in [2.05, 4.69) is 15.9 Å². The van der Waals surface area contributed by atoms with Crippen LogP contribution in [-0.2, 0) is 0 Å². The van der Waals surface area contributed by atoms with E-state index in [0.717, 1.165) is 6.07 Å². The zero-order valence-electron chi connectivity index (χ0n) is 8.58. The second-order valence-corrected chi connectivity index (χ2v) is 3.92. The summed E-state index contributed by atoms with van der Waals surface area (Å²) in [4.78, 5) is 0. The molecule has 0 fully saturated rings. The van der Waals surface area contributed by atoms with Crippen molar-refractivity contribution in [1.29, 1.82) is 0 Å². The third kappa shape index (κ3) is 3.65. The van der Waals surface area contributed by atoms with Crippen molar-refractivity contribution in [2.24, 2.45) is 5.73 Å². The first-order valence-corrected chi connectivity index (χ1v) is 4.95. The van der Waals surface area contributed by atoms with Crippen molar-refractivity contribution in [2.45, 2.75) is 12.2 Å². The smallest absolute Gasteiger partial charge is 0.407 e. The van der Waals surface area contributed by atoms with E-state index in [0.29, 0.717) is 0 Å². The van der Waals surface area contributed by atoms with Crippen molar-refractivity contribution >= 4 is 28.3 Å². The molecule has 0 saturated carbocycles. The topological polar surface area (TPSA) is 55.5 Å². The number of phenols is 1. The Kier molecular flexibility index (Phi) is 5.57. The van der Waals surface area contributed by atoms with Crippen LogP contribution in [0, 0.1) is 0 Å². The largest absolute Gasteiger partial charge is 0.506 e. The van der Waals surface area contributed by atoms with Gasteiger partial charge in [0, 0.05) is 5.56 Å². The Hall–Kier alpha value is -0.660. The average Bonchev–Trinajstić information content (AvgIpc) is 2.19. The van der Waals surface area contributed by atoms with Crippen LogP contribution in [0.25, 0.3) is 0 Å². The summed E-state index contributed by atoms with van der Waals surface area (Å²) in [7, 11) is 1.31. The van der Waals surface area contributed by atoms with Gasteiger partial charge in [0.15, 0.2) is 0 Å². The second kappa shape index (κ2) is 5.79. The molecule has 0 heterocycles. The van der Waals surface area contributed by atoms with Gasteiger partial charge in [0.1, 0.15) is 17.5 Å². The molecule has 0 radical (unpaired) electrons. The number of nitrogens with two attached hydrogens (primary N) is 1. The summed E-state index contributed by atoms with van der Waals surface area (Å²) in [5.41, 5.74) is 4.57. The third-order valence-electron chi connectivity index (χ3n) is 1.99. The van der Waals surface area contributed by atoms with Crippen LogP contribution in [0.5, 0.6) is 11.5 Å². The predicted octanol–water partition coefficient (Wildman–Crippen LogP) is 3.15. The molecule has 17 heavy (non-hydrogen) atoms. The van der Waals surface area contributed by atoms with Gasteiger partial charge in [-0.05, 0) is 28.1 Å². The zero-order valence-corrected chi connectivity index (χ0v) is 11.0. The van der Waals surface area contributed by atoms with Crippen molar-refractivity contribution in [3.05, 3.63) is 22.2 Å². The molecule has 0 saturated heterocycles. The first-order chi connectivity index (χ1) is 7.27. The minimum absolute atomic E-state index is 0. The van der Waals surface area contributed by atoms with E-state index in [4.69, 9.17) is 10.5 Å². The van der Waals surface area contributed by atoms with E-state index in [-0.39, 0.29) is 22.6 Å². The van der Waals surface area contributed by atoms with Gasteiger partial charge in [-0.3, -0.25) is 0 Å². The van der Waals surface area contributed by atoms with Crippen LogP contribution in [-0.4, -0.2) is 18.4 Å². The lowest BCUT2D eigenvalue weighted by Gasteiger charge is -2.18. The molecule has 3 N–H and O–H groups in total. The molecular formula is C9H10BrClF3NO2. The lowest BCUT2D eigenvalue weighted by Crippen LogP contribution is -2.28. The molecular weight excluding hydrogens is 326 g/mol. The van der Waals surface area contributed by atoms with Crippen LogP contribution in [0.1, 0.15) is 11.6 Å². The highest BCUT2D eigenvalue weighted by molar-refractivity contribution is 9.10. The van der Waals surface area contributed by atoms with Crippen LogP contribution in [0.4, 0.5) is 13.2 Å². The summed E-state index contributed by atoms with van der Waals surface area (Å²) in [6.07, 6.45) is -4.62. The summed E-state index contributed by atoms with van der Waals surface area (Å²) in [6.45, 7) is 0. The molecule has 0 aromatic heterocycles. The number of phenolic OH excluding ortho intramolecular Hbond substituents is 1. The first-order valence-electron chi connectivity index (χ1n) is 4.16. The Bertz CT molecular complexity index is 401. The van der Waals surface area contributed by atoms with E-state index >= 15 is 0 Å². The SMILES string of the molecule is COc1cc(Br)c(O)c([C@H](N)C(F)(F)F)c1.Cl. The second-order valence-electron chi connectivity index (χ2n) is 3.07. The van der Waals surface area contributed by atoms with E-state index in [1.165, 1.54) is 13.2 Å². The normalized spacial score (nSPS) is 12.8. The molecule has 0 aliphatic heterocycles. The zero-order chi connectivity index (χ0) is 12.5. The van der Waals surface area contributed by atoms with E-state index in [1.54, 1.807) is 0 Å². The van der Waals surface area contributed by atoms with E-state index < -0.39 is 23.5 Å². The lowest BCUT2D eigenvalue weighted by atomic mass is 10.1. The molecule has 0 aliphatic carbocycles. The highest BCUT2D eigenvalue weighted by Gasteiger charge is 2.39. The highest BCUT2D eigenvalue weighted by Crippen LogP contribution is 2.40. The van der Waals surface area contributed by atoms with Gasteiger partial charge in [0.2, 0.25) is 0 Å². The molecule has 1 aromatic carbocycles. The Morgan fingerprint density at radius 2 is 1.94 bits per heavy atom. The summed E-state index contributed by atoms with van der Waals surface area (Å²) < 4.78 is 42.1. The van der Waals surface area contributed by atoms with Gasteiger partial charge in [-0.25, -0.2) is 0 Å². The highest BCUT2D eigenvalue weighted by atomic mass is 79.9. The Labute approximate surface area is 110 Å². The Balaban J connectivity index is 0.00000256. The average molecular weight is 337 g/mol. The minimum Gasteiger partial charge on any atom is -0.506 e. The lowest BCUT2D eigenvalue weighted by molar-refractivity contribution is -0.149. The summed E-state index contributed by atoms with van der Waals surface area (Å²) >= 11 is 2.92. The van der Waals surface area contributed by atoms with Crippen molar-refractivity contribution in [3.8, 4) is 11.5 Å². The number of hydrogen-bond donors (Lipinski definition) is 2. The maximum Gasteiger partial charge on any atom is 0.407 e. The molecule has 0 unspecified atom stereocenters. The number of hydrogen-bond acceptors (Lipinski definition) is 3. The number of methoxy groups -OCH3 is 1. The number of benzene rings is 1. The molecule has 0 bridgehead atoms. The monoisotopic (exact) mass is 335 g/mol. The third-order valence-corrected chi connectivity index (χ3v) is 2.59. The first kappa shape index (κ1) is 16.3. The summed E-state index contributed by atoms with van der Waals surface area (Å²) in [6, 6.07) is 0.152. The van der Waals surface area contributed by atoms with Gasteiger partial charge in [-0.15, -0.1) is 12.4 Å². The number of rotatable bonds is 2. The van der Waals surface area contributed by atoms with Gasteiger partial charge in [0.25, 0.3) is 0 Å². The fraction of sp³-hybridized carbons (Fsp3) is 0.333. The van der Waals surface area contributed by atoms with Crippen molar-refractivity contribution in [3.63, 3.8) is 0 Å². The molecule has 1 atom stereocenters. The quantitative estimate of drug-likeness (QED) is 0.872. The molecule has 0 amide bonds. The summed E-state index contributed by atoms with van der Waals surface area (Å²) in [5, 5.41) is 9.47. The minimum atomic E-state index is -4.62. The Morgan fingerprint density at radius 3 is 2.35 bits per heavy atom. The number of alkyl halides is 3. The van der Waals surface area contributed by atoms with E-state index in [1.807, 2.05) is 0 Å². The maximum absolute atomic E-state index is 12.4. The predicted molar refractivity (Wildman–Crippen MR) is 62.6 cm³/mol. The van der Waals surface area contributed by atoms with Crippen molar-refractivity contribution in [1.82, 2.24) is 0 Å². The fourth-order valence-corrected chi connectivity index (χ4v) is 1.58. The molecule has 98 valence electrons. The Morgan fingerprint density at radius 1 is 1.41 bits per heavy atom. The van der Waals surface area contributed by atoms with Crippen LogP contribution in [0.2, 0.25) is 0 Å². The maximum atomic E-state index is 12.4. The van der Waals surface area contributed by atoms with Gasteiger partial charge in [0.05, 0.1) is 11.6 Å². The van der Waals surface area contributed by atoms with Crippen molar-refractivity contribution < 1.29 is 23.0 Å². The van der Waals surface area contributed by atoms with Crippen molar-refractivity contribution in [2.75, 3.05) is 7.11 Å². The van der Waals surface area contributed by atoms with Gasteiger partial charge >= 0.3 is 6.18 Å². The van der Waals surface area contributed by atoms with Crippen LogP contribution < -0.4 is 10.5 Å².